The Kier molecular flexibility index (Phi) is 3.54. The topological polar surface area (TPSA) is 46.9 Å². The first kappa shape index (κ1) is 12.9. The Labute approximate surface area is 118 Å². The van der Waals surface area contributed by atoms with Gasteiger partial charge in [0.05, 0.1) is 6.04 Å². The van der Waals surface area contributed by atoms with E-state index in [1.165, 1.54) is 11.1 Å². The number of amides is 1. The summed E-state index contributed by atoms with van der Waals surface area (Å²) in [6.45, 7) is 2.78. The van der Waals surface area contributed by atoms with Crippen LogP contribution in [0.1, 0.15) is 47.4 Å². The lowest BCUT2D eigenvalue weighted by molar-refractivity contribution is 0.0927. The van der Waals surface area contributed by atoms with Crippen molar-refractivity contribution in [2.45, 2.75) is 38.8 Å². The Bertz CT molecular complexity index is 618. The second kappa shape index (κ2) is 5.49. The molecule has 1 N–H and O–H groups in total. The van der Waals surface area contributed by atoms with Crippen molar-refractivity contribution in [3.8, 4) is 0 Å². The van der Waals surface area contributed by atoms with Crippen molar-refractivity contribution in [3.63, 3.8) is 0 Å². The molecule has 1 heterocycles. The zero-order valence-corrected chi connectivity index (χ0v) is 11.7. The van der Waals surface area contributed by atoms with E-state index < -0.39 is 0 Å². The van der Waals surface area contributed by atoms with Crippen LogP contribution in [0.25, 0.3) is 0 Å². The molecule has 1 atom stereocenters. The molecule has 0 spiro atoms. The minimum Gasteiger partial charge on any atom is -0.344 e. The molecule has 3 rings (SSSR count). The Morgan fingerprint density at radius 3 is 3.05 bits per heavy atom. The molecule has 1 aromatic heterocycles. The van der Waals surface area contributed by atoms with Gasteiger partial charge in [-0.15, -0.1) is 0 Å². The molecule has 0 saturated carbocycles. The molecule has 0 saturated heterocycles. The van der Waals surface area contributed by atoms with E-state index in [1.807, 2.05) is 19.2 Å². The van der Waals surface area contributed by atoms with Gasteiger partial charge in [-0.05, 0) is 43.4 Å². The third-order valence-corrected chi connectivity index (χ3v) is 3.87. The van der Waals surface area contributed by atoms with Crippen molar-refractivity contribution in [2.24, 2.45) is 0 Å². The van der Waals surface area contributed by atoms with Crippen molar-refractivity contribution in [1.82, 2.24) is 15.1 Å². The van der Waals surface area contributed by atoms with Crippen LogP contribution in [0, 0.1) is 0 Å². The van der Waals surface area contributed by atoms with E-state index in [2.05, 4.69) is 28.6 Å². The molecule has 0 fully saturated rings. The van der Waals surface area contributed by atoms with Crippen LogP contribution in [0.15, 0.2) is 36.5 Å². The van der Waals surface area contributed by atoms with Crippen molar-refractivity contribution in [3.05, 3.63) is 53.3 Å². The van der Waals surface area contributed by atoms with E-state index in [0.29, 0.717) is 5.69 Å². The molecular formula is C16H19N3O. The van der Waals surface area contributed by atoms with Crippen LogP contribution in [0.2, 0.25) is 0 Å². The standard InChI is InChI=1S/C16H19N3O/c1-2-19-11-10-15(18-19)16(20)17-14-9-5-7-12-6-3-4-8-13(12)14/h3-4,6,8,10-11,14H,2,5,7,9H2,1H3,(H,17,20)/t14-/m1/s1. The summed E-state index contributed by atoms with van der Waals surface area (Å²) in [5, 5.41) is 7.37. The molecule has 104 valence electrons. The number of aromatic nitrogens is 2. The van der Waals surface area contributed by atoms with Gasteiger partial charge in [0.15, 0.2) is 0 Å². The Morgan fingerprint density at radius 1 is 1.40 bits per heavy atom. The van der Waals surface area contributed by atoms with Crippen molar-refractivity contribution in [1.29, 1.82) is 0 Å². The van der Waals surface area contributed by atoms with Gasteiger partial charge in [0, 0.05) is 12.7 Å². The average molecular weight is 269 g/mol. The number of carbonyl (C=O) groups excluding carboxylic acids is 1. The Morgan fingerprint density at radius 2 is 2.25 bits per heavy atom. The maximum atomic E-state index is 12.3. The summed E-state index contributed by atoms with van der Waals surface area (Å²) < 4.78 is 1.77. The average Bonchev–Trinajstić information content (AvgIpc) is 2.97. The van der Waals surface area contributed by atoms with Crippen LogP contribution in [0.3, 0.4) is 0 Å². The van der Waals surface area contributed by atoms with Crippen molar-refractivity contribution in [2.75, 3.05) is 0 Å². The fourth-order valence-electron chi connectivity index (χ4n) is 2.79. The third-order valence-electron chi connectivity index (χ3n) is 3.87. The summed E-state index contributed by atoms with van der Waals surface area (Å²) in [4.78, 5) is 12.3. The summed E-state index contributed by atoms with van der Waals surface area (Å²) in [5.41, 5.74) is 3.10. The number of nitrogens with one attached hydrogen (secondary N) is 1. The maximum absolute atomic E-state index is 12.3. The molecule has 0 radical (unpaired) electrons. The number of hydrogen-bond acceptors (Lipinski definition) is 2. The normalized spacial score (nSPS) is 17.6. The van der Waals surface area contributed by atoms with Gasteiger partial charge in [-0.25, -0.2) is 0 Å². The molecule has 1 aromatic carbocycles. The number of rotatable bonds is 3. The van der Waals surface area contributed by atoms with E-state index in [1.54, 1.807) is 10.7 Å². The molecule has 0 unspecified atom stereocenters. The highest BCUT2D eigenvalue weighted by atomic mass is 16.2. The fraction of sp³-hybridized carbons (Fsp3) is 0.375. The Hall–Kier alpha value is -2.10. The van der Waals surface area contributed by atoms with E-state index in [0.717, 1.165) is 25.8 Å². The molecule has 1 amide bonds. The number of aryl methyl sites for hydroxylation is 2. The molecule has 1 aliphatic carbocycles. The van der Waals surface area contributed by atoms with E-state index >= 15 is 0 Å². The summed E-state index contributed by atoms with van der Waals surface area (Å²) >= 11 is 0. The lowest BCUT2D eigenvalue weighted by atomic mass is 9.88. The smallest absolute Gasteiger partial charge is 0.272 e. The monoisotopic (exact) mass is 269 g/mol. The zero-order chi connectivity index (χ0) is 13.9. The number of carbonyl (C=O) groups is 1. The van der Waals surface area contributed by atoms with Gasteiger partial charge in [-0.1, -0.05) is 24.3 Å². The van der Waals surface area contributed by atoms with Crippen LogP contribution < -0.4 is 5.32 Å². The predicted molar refractivity (Wildman–Crippen MR) is 77.5 cm³/mol. The fourth-order valence-corrected chi connectivity index (χ4v) is 2.79. The van der Waals surface area contributed by atoms with Crippen LogP contribution in [-0.4, -0.2) is 15.7 Å². The summed E-state index contributed by atoms with van der Waals surface area (Å²) in [6, 6.07) is 10.2. The first-order chi connectivity index (χ1) is 9.78. The molecule has 0 aliphatic heterocycles. The minimum absolute atomic E-state index is 0.0843. The molecule has 20 heavy (non-hydrogen) atoms. The van der Waals surface area contributed by atoms with Gasteiger partial charge in [-0.2, -0.15) is 5.10 Å². The largest absolute Gasteiger partial charge is 0.344 e. The molecule has 1 aliphatic rings. The maximum Gasteiger partial charge on any atom is 0.272 e. The van der Waals surface area contributed by atoms with Gasteiger partial charge in [-0.3, -0.25) is 9.48 Å². The van der Waals surface area contributed by atoms with Crippen LogP contribution in [0.5, 0.6) is 0 Å². The van der Waals surface area contributed by atoms with Crippen molar-refractivity contribution < 1.29 is 4.79 Å². The zero-order valence-electron chi connectivity index (χ0n) is 11.7. The summed E-state index contributed by atoms with van der Waals surface area (Å²) in [7, 11) is 0. The van der Waals surface area contributed by atoms with Gasteiger partial charge < -0.3 is 5.32 Å². The van der Waals surface area contributed by atoms with Crippen LogP contribution in [0.4, 0.5) is 0 Å². The highest BCUT2D eigenvalue weighted by Gasteiger charge is 2.22. The quantitative estimate of drug-likeness (QED) is 0.931. The highest BCUT2D eigenvalue weighted by molar-refractivity contribution is 5.92. The van der Waals surface area contributed by atoms with Crippen LogP contribution in [-0.2, 0) is 13.0 Å². The van der Waals surface area contributed by atoms with E-state index in [4.69, 9.17) is 0 Å². The second-order valence-electron chi connectivity index (χ2n) is 5.17. The highest BCUT2D eigenvalue weighted by Crippen LogP contribution is 2.29. The lowest BCUT2D eigenvalue weighted by Crippen LogP contribution is -2.31. The number of nitrogens with zero attached hydrogens (tertiary/aromatic N) is 2. The first-order valence-corrected chi connectivity index (χ1v) is 7.20. The second-order valence-corrected chi connectivity index (χ2v) is 5.17. The van der Waals surface area contributed by atoms with E-state index in [-0.39, 0.29) is 11.9 Å². The van der Waals surface area contributed by atoms with E-state index in [9.17, 15) is 4.79 Å². The van der Waals surface area contributed by atoms with Gasteiger partial charge in [0.25, 0.3) is 5.91 Å². The molecule has 2 aromatic rings. The number of fused-ring (bicyclic) bond motifs is 1. The molecule has 0 bridgehead atoms. The molecule has 4 nitrogen and oxygen atoms in total. The first-order valence-electron chi connectivity index (χ1n) is 7.20. The Balaban J connectivity index is 1.77. The lowest BCUT2D eigenvalue weighted by Gasteiger charge is -2.26. The summed E-state index contributed by atoms with van der Waals surface area (Å²) in [5.74, 6) is -0.0843. The van der Waals surface area contributed by atoms with Gasteiger partial charge in [0.1, 0.15) is 5.69 Å². The third kappa shape index (κ3) is 2.46. The minimum atomic E-state index is -0.0843. The summed E-state index contributed by atoms with van der Waals surface area (Å²) in [6.07, 6.45) is 5.05. The predicted octanol–water partition coefficient (Wildman–Crippen LogP) is 2.71. The van der Waals surface area contributed by atoms with Crippen LogP contribution >= 0.6 is 0 Å². The molecule has 4 heteroatoms. The van der Waals surface area contributed by atoms with Gasteiger partial charge >= 0.3 is 0 Å². The number of benzene rings is 1. The van der Waals surface area contributed by atoms with Gasteiger partial charge in [0.2, 0.25) is 0 Å². The molecular weight excluding hydrogens is 250 g/mol. The number of hydrogen-bond donors (Lipinski definition) is 1. The van der Waals surface area contributed by atoms with Crippen molar-refractivity contribution >= 4 is 5.91 Å². The SMILES string of the molecule is CCn1ccc(C(=O)N[C@@H]2CCCc3ccccc32)n1.